The van der Waals surface area contributed by atoms with Gasteiger partial charge in [0.15, 0.2) is 6.61 Å². The SMILES string of the molecule is CCOC(=O)COc1cccc2c1CCC(O)(COC(=O)N(c1ccccc1F)c1ccccc1F)C2. The highest BCUT2D eigenvalue weighted by molar-refractivity contribution is 5.96. The predicted octanol–water partition coefficient (Wildman–Crippen LogP) is 5.10. The number of carbonyl (C=O) groups excluding carboxylic acids is 2. The highest BCUT2D eigenvalue weighted by atomic mass is 19.1. The van der Waals surface area contributed by atoms with Gasteiger partial charge in [0.1, 0.15) is 29.6 Å². The number of para-hydroxylation sites is 2. The number of nitrogens with zero attached hydrogens (tertiary/aromatic N) is 1. The molecule has 4 rings (SSSR count). The minimum absolute atomic E-state index is 0.158. The van der Waals surface area contributed by atoms with E-state index in [1.807, 2.05) is 6.07 Å². The van der Waals surface area contributed by atoms with Crippen LogP contribution in [0.25, 0.3) is 0 Å². The highest BCUT2D eigenvalue weighted by Gasteiger charge is 2.36. The minimum Gasteiger partial charge on any atom is -0.482 e. The maximum atomic E-state index is 14.6. The van der Waals surface area contributed by atoms with E-state index in [0.717, 1.165) is 28.2 Å². The summed E-state index contributed by atoms with van der Waals surface area (Å²) in [4.78, 5) is 25.6. The van der Waals surface area contributed by atoms with E-state index in [-0.39, 0.29) is 37.4 Å². The summed E-state index contributed by atoms with van der Waals surface area (Å²) in [6, 6.07) is 16.3. The van der Waals surface area contributed by atoms with Gasteiger partial charge >= 0.3 is 12.1 Å². The molecule has 0 saturated carbocycles. The molecule has 0 spiro atoms. The molecule has 1 aliphatic carbocycles. The third kappa shape index (κ3) is 6.06. The van der Waals surface area contributed by atoms with E-state index in [1.165, 1.54) is 36.4 Å². The molecule has 1 amide bonds. The smallest absolute Gasteiger partial charge is 0.419 e. The fourth-order valence-corrected chi connectivity index (χ4v) is 4.31. The van der Waals surface area contributed by atoms with Gasteiger partial charge in [0.25, 0.3) is 0 Å². The molecular weight excluding hydrogens is 484 g/mol. The Morgan fingerprint density at radius 3 is 2.22 bits per heavy atom. The van der Waals surface area contributed by atoms with Crippen LogP contribution in [-0.4, -0.2) is 42.6 Å². The van der Waals surface area contributed by atoms with E-state index < -0.39 is 35.9 Å². The molecule has 37 heavy (non-hydrogen) atoms. The Morgan fingerprint density at radius 2 is 1.59 bits per heavy atom. The van der Waals surface area contributed by atoms with E-state index in [4.69, 9.17) is 14.2 Å². The molecule has 0 fully saturated rings. The Hall–Kier alpha value is -3.98. The van der Waals surface area contributed by atoms with Crippen LogP contribution in [-0.2, 0) is 27.1 Å². The number of hydrogen-bond acceptors (Lipinski definition) is 6. The lowest BCUT2D eigenvalue weighted by Gasteiger charge is -2.34. The summed E-state index contributed by atoms with van der Waals surface area (Å²) in [6.45, 7) is 1.35. The molecule has 1 unspecified atom stereocenters. The van der Waals surface area contributed by atoms with Gasteiger partial charge in [0.2, 0.25) is 0 Å². The number of anilines is 2. The zero-order chi connectivity index (χ0) is 26.4. The molecule has 1 aliphatic rings. The molecule has 1 atom stereocenters. The summed E-state index contributed by atoms with van der Waals surface area (Å²) in [7, 11) is 0. The van der Waals surface area contributed by atoms with Crippen molar-refractivity contribution in [2.45, 2.75) is 31.8 Å². The molecule has 3 aromatic rings. The molecule has 0 aliphatic heterocycles. The predicted molar refractivity (Wildman–Crippen MR) is 132 cm³/mol. The van der Waals surface area contributed by atoms with Gasteiger partial charge in [0.05, 0.1) is 18.0 Å². The first-order chi connectivity index (χ1) is 17.8. The maximum absolute atomic E-state index is 14.6. The Morgan fingerprint density at radius 1 is 0.946 bits per heavy atom. The zero-order valence-electron chi connectivity index (χ0n) is 20.3. The number of benzene rings is 3. The van der Waals surface area contributed by atoms with Crippen molar-refractivity contribution in [2.75, 3.05) is 24.7 Å². The van der Waals surface area contributed by atoms with Gasteiger partial charge in [-0.25, -0.2) is 23.3 Å². The summed E-state index contributed by atoms with van der Waals surface area (Å²) in [5, 5.41) is 11.2. The van der Waals surface area contributed by atoms with Crippen LogP contribution in [0.5, 0.6) is 5.75 Å². The number of halogens is 2. The van der Waals surface area contributed by atoms with Crippen LogP contribution >= 0.6 is 0 Å². The van der Waals surface area contributed by atoms with Crippen LogP contribution < -0.4 is 9.64 Å². The molecular formula is C28H27F2NO6. The molecule has 0 heterocycles. The monoisotopic (exact) mass is 511 g/mol. The molecule has 0 radical (unpaired) electrons. The van der Waals surface area contributed by atoms with Crippen LogP contribution in [0.15, 0.2) is 66.7 Å². The lowest BCUT2D eigenvalue weighted by molar-refractivity contribution is -0.145. The lowest BCUT2D eigenvalue weighted by atomic mass is 9.80. The van der Waals surface area contributed by atoms with Crippen LogP contribution in [0.4, 0.5) is 25.0 Å². The van der Waals surface area contributed by atoms with E-state index in [2.05, 4.69) is 0 Å². The topological polar surface area (TPSA) is 85.3 Å². The number of amides is 1. The fourth-order valence-electron chi connectivity index (χ4n) is 4.31. The van der Waals surface area contributed by atoms with Crippen LogP contribution in [0, 0.1) is 11.6 Å². The summed E-state index contributed by atoms with van der Waals surface area (Å²) < 4.78 is 45.1. The Labute approximate surface area is 213 Å². The normalized spacial score (nSPS) is 16.4. The Balaban J connectivity index is 1.49. The zero-order valence-corrected chi connectivity index (χ0v) is 20.3. The first-order valence-corrected chi connectivity index (χ1v) is 11.9. The van der Waals surface area contributed by atoms with E-state index >= 15 is 0 Å². The van der Waals surface area contributed by atoms with Crippen molar-refractivity contribution >= 4 is 23.4 Å². The third-order valence-corrected chi connectivity index (χ3v) is 6.07. The standard InChI is InChI=1S/C28H27F2NO6/c1-2-35-26(32)17-36-25-13-7-8-19-16-28(34,15-14-20(19)25)18-37-27(33)31(23-11-5-3-9-21(23)29)24-12-6-4-10-22(24)30/h3-13,34H,2,14-18H2,1H3. The molecule has 194 valence electrons. The van der Waals surface area contributed by atoms with Gasteiger partial charge in [-0.05, 0) is 61.2 Å². The van der Waals surface area contributed by atoms with Crippen molar-refractivity contribution in [2.24, 2.45) is 0 Å². The number of aliphatic hydroxyl groups is 1. The number of esters is 1. The average Bonchev–Trinajstić information content (AvgIpc) is 2.88. The van der Waals surface area contributed by atoms with Crippen LogP contribution in [0.2, 0.25) is 0 Å². The average molecular weight is 512 g/mol. The molecule has 0 bridgehead atoms. The number of hydrogen-bond donors (Lipinski definition) is 1. The summed E-state index contributed by atoms with van der Waals surface area (Å²) in [5.74, 6) is -1.42. The first-order valence-electron chi connectivity index (χ1n) is 11.9. The highest BCUT2D eigenvalue weighted by Crippen LogP contribution is 2.36. The second-order valence-corrected chi connectivity index (χ2v) is 8.68. The van der Waals surface area contributed by atoms with Gasteiger partial charge in [0, 0.05) is 6.42 Å². The minimum atomic E-state index is -1.40. The summed E-state index contributed by atoms with van der Waals surface area (Å²) in [6.07, 6.45) is -0.217. The summed E-state index contributed by atoms with van der Waals surface area (Å²) >= 11 is 0. The largest absolute Gasteiger partial charge is 0.482 e. The van der Waals surface area contributed by atoms with Crippen LogP contribution in [0.1, 0.15) is 24.5 Å². The summed E-state index contributed by atoms with van der Waals surface area (Å²) in [5.41, 5.74) is -0.129. The number of fused-ring (bicyclic) bond motifs is 1. The van der Waals surface area contributed by atoms with Crippen molar-refractivity contribution in [3.63, 3.8) is 0 Å². The van der Waals surface area contributed by atoms with Gasteiger partial charge in [-0.2, -0.15) is 0 Å². The molecule has 0 saturated heterocycles. The van der Waals surface area contributed by atoms with E-state index in [9.17, 15) is 23.5 Å². The Kier molecular flexibility index (Phi) is 8.03. The van der Waals surface area contributed by atoms with Crippen molar-refractivity contribution in [1.29, 1.82) is 0 Å². The number of rotatable bonds is 8. The second-order valence-electron chi connectivity index (χ2n) is 8.68. The van der Waals surface area contributed by atoms with Crippen molar-refractivity contribution < 1.29 is 37.7 Å². The number of carbonyl (C=O) groups is 2. The van der Waals surface area contributed by atoms with E-state index in [0.29, 0.717) is 12.2 Å². The van der Waals surface area contributed by atoms with Crippen molar-refractivity contribution in [3.05, 3.63) is 89.5 Å². The van der Waals surface area contributed by atoms with Gasteiger partial charge < -0.3 is 19.3 Å². The van der Waals surface area contributed by atoms with Gasteiger partial charge in [-0.15, -0.1) is 0 Å². The van der Waals surface area contributed by atoms with Crippen LogP contribution in [0.3, 0.4) is 0 Å². The number of ether oxygens (including phenoxy) is 3. The van der Waals surface area contributed by atoms with Crippen molar-refractivity contribution in [1.82, 2.24) is 0 Å². The van der Waals surface area contributed by atoms with Gasteiger partial charge in [-0.1, -0.05) is 36.4 Å². The molecule has 0 aromatic heterocycles. The van der Waals surface area contributed by atoms with E-state index in [1.54, 1.807) is 19.1 Å². The lowest BCUT2D eigenvalue weighted by Crippen LogP contribution is -2.43. The third-order valence-electron chi connectivity index (χ3n) is 6.07. The Bertz CT molecular complexity index is 1240. The maximum Gasteiger partial charge on any atom is 0.419 e. The molecule has 7 nitrogen and oxygen atoms in total. The van der Waals surface area contributed by atoms with Gasteiger partial charge in [-0.3, -0.25) is 0 Å². The molecule has 9 heteroatoms. The fraction of sp³-hybridized carbons (Fsp3) is 0.286. The van der Waals surface area contributed by atoms with Crippen molar-refractivity contribution in [3.8, 4) is 5.75 Å². The molecule has 3 aromatic carbocycles. The quantitative estimate of drug-likeness (QED) is 0.424. The first kappa shape index (κ1) is 26.1. The molecule has 1 N–H and O–H groups in total. The second kappa shape index (κ2) is 11.4.